The number of nitrogens with one attached hydrogen (secondary N) is 1. The summed E-state index contributed by atoms with van der Waals surface area (Å²) in [5.41, 5.74) is 1.86. The van der Waals surface area contributed by atoms with Crippen molar-refractivity contribution in [2.75, 3.05) is 39.4 Å². The van der Waals surface area contributed by atoms with Crippen LogP contribution in [0.15, 0.2) is 30.3 Å². The molecule has 0 bridgehead atoms. The van der Waals surface area contributed by atoms with Gasteiger partial charge in [-0.1, -0.05) is 37.3 Å². The highest BCUT2D eigenvalue weighted by Crippen LogP contribution is 2.28. The Morgan fingerprint density at radius 3 is 2.68 bits per heavy atom. The Bertz CT molecular complexity index is 436. The van der Waals surface area contributed by atoms with Gasteiger partial charge in [-0.3, -0.25) is 4.90 Å². The van der Waals surface area contributed by atoms with Crippen LogP contribution in [-0.4, -0.2) is 44.3 Å². The van der Waals surface area contributed by atoms with Gasteiger partial charge < -0.3 is 10.1 Å². The van der Waals surface area contributed by atoms with Gasteiger partial charge in [-0.25, -0.2) is 0 Å². The van der Waals surface area contributed by atoms with E-state index in [2.05, 4.69) is 47.5 Å². The molecule has 1 atom stereocenters. The number of hydrogen-bond donors (Lipinski definition) is 1. The predicted octanol–water partition coefficient (Wildman–Crippen LogP) is 2.91. The molecule has 3 rings (SSSR count). The second kappa shape index (κ2) is 7.58. The van der Waals surface area contributed by atoms with Crippen molar-refractivity contribution in [2.45, 2.75) is 32.7 Å². The minimum atomic E-state index is 0.431. The Balaban J connectivity index is 1.63. The molecule has 2 fully saturated rings. The summed E-state index contributed by atoms with van der Waals surface area (Å²) < 4.78 is 5.52. The van der Waals surface area contributed by atoms with Crippen LogP contribution in [0.5, 0.6) is 0 Å². The van der Waals surface area contributed by atoms with Crippen LogP contribution in [0, 0.1) is 11.3 Å². The molecule has 0 radical (unpaired) electrons. The van der Waals surface area contributed by atoms with Crippen LogP contribution < -0.4 is 5.32 Å². The van der Waals surface area contributed by atoms with Gasteiger partial charge in [0, 0.05) is 39.4 Å². The fourth-order valence-corrected chi connectivity index (χ4v) is 3.86. The average Bonchev–Trinajstić information content (AvgIpc) is 2.95. The lowest BCUT2D eigenvalue weighted by atomic mass is 9.88. The highest BCUT2D eigenvalue weighted by atomic mass is 16.5. The molecule has 0 saturated carbocycles. The highest BCUT2D eigenvalue weighted by molar-refractivity contribution is 5.14. The van der Waals surface area contributed by atoms with Crippen LogP contribution in [0.3, 0.4) is 0 Å². The molecule has 3 heteroatoms. The maximum absolute atomic E-state index is 5.52. The van der Waals surface area contributed by atoms with Gasteiger partial charge in [0.1, 0.15) is 0 Å². The van der Waals surface area contributed by atoms with Gasteiger partial charge in [0.25, 0.3) is 0 Å². The van der Waals surface area contributed by atoms with Gasteiger partial charge in [0.05, 0.1) is 0 Å². The largest absolute Gasteiger partial charge is 0.381 e. The molecular formula is C19H30N2O. The first kappa shape index (κ1) is 16.0. The summed E-state index contributed by atoms with van der Waals surface area (Å²) in [6.07, 6.45) is 3.74. The van der Waals surface area contributed by atoms with Gasteiger partial charge in [-0.05, 0) is 42.7 Å². The summed E-state index contributed by atoms with van der Waals surface area (Å²) in [7, 11) is 0. The first-order chi connectivity index (χ1) is 10.7. The minimum absolute atomic E-state index is 0.431. The summed E-state index contributed by atoms with van der Waals surface area (Å²) in [5, 5.41) is 3.54. The van der Waals surface area contributed by atoms with Crippen molar-refractivity contribution in [3.05, 3.63) is 35.9 Å². The molecule has 1 unspecified atom stereocenters. The van der Waals surface area contributed by atoms with E-state index in [9.17, 15) is 0 Å². The Morgan fingerprint density at radius 2 is 2.00 bits per heavy atom. The first-order valence-electron chi connectivity index (χ1n) is 8.78. The average molecular weight is 302 g/mol. The molecule has 3 nitrogen and oxygen atoms in total. The van der Waals surface area contributed by atoms with E-state index in [1.54, 1.807) is 0 Å². The summed E-state index contributed by atoms with van der Waals surface area (Å²) in [6.45, 7) is 10.2. The molecule has 0 aliphatic carbocycles. The molecule has 122 valence electrons. The van der Waals surface area contributed by atoms with E-state index in [1.165, 1.54) is 44.5 Å². The topological polar surface area (TPSA) is 24.5 Å². The van der Waals surface area contributed by atoms with Crippen LogP contribution >= 0.6 is 0 Å². The fraction of sp³-hybridized carbons (Fsp3) is 0.684. The van der Waals surface area contributed by atoms with Crippen LogP contribution in [0.1, 0.15) is 31.7 Å². The molecule has 2 aliphatic heterocycles. The van der Waals surface area contributed by atoms with Crippen molar-refractivity contribution in [2.24, 2.45) is 11.3 Å². The quantitative estimate of drug-likeness (QED) is 0.874. The monoisotopic (exact) mass is 302 g/mol. The Hall–Kier alpha value is -0.900. The summed E-state index contributed by atoms with van der Waals surface area (Å²) in [4.78, 5) is 2.69. The SMILES string of the molecule is CC1(CN(Cc2ccccc2)CC2CCOCC2)CCNC1. The predicted molar refractivity (Wildman–Crippen MR) is 90.9 cm³/mol. The van der Waals surface area contributed by atoms with Crippen LogP contribution in [0.25, 0.3) is 0 Å². The van der Waals surface area contributed by atoms with E-state index >= 15 is 0 Å². The second-order valence-corrected chi connectivity index (χ2v) is 7.45. The van der Waals surface area contributed by atoms with Crippen molar-refractivity contribution in [3.8, 4) is 0 Å². The number of hydrogen-bond acceptors (Lipinski definition) is 3. The van der Waals surface area contributed by atoms with E-state index in [0.717, 1.165) is 32.2 Å². The Labute approximate surface area is 135 Å². The molecule has 1 aromatic rings. The van der Waals surface area contributed by atoms with Crippen LogP contribution in [0.4, 0.5) is 0 Å². The summed E-state index contributed by atoms with van der Waals surface area (Å²) in [6, 6.07) is 10.9. The normalized spacial score (nSPS) is 26.6. The number of ether oxygens (including phenoxy) is 1. The van der Waals surface area contributed by atoms with Crippen LogP contribution in [-0.2, 0) is 11.3 Å². The smallest absolute Gasteiger partial charge is 0.0469 e. The van der Waals surface area contributed by atoms with Gasteiger partial charge in [-0.15, -0.1) is 0 Å². The highest BCUT2D eigenvalue weighted by Gasteiger charge is 2.31. The third-order valence-electron chi connectivity index (χ3n) is 5.17. The standard InChI is InChI=1S/C19H30N2O/c1-19(9-10-20-15-19)16-21(13-17-5-3-2-4-6-17)14-18-7-11-22-12-8-18/h2-6,18,20H,7-16H2,1H3. The third-order valence-corrected chi connectivity index (χ3v) is 5.17. The van der Waals surface area contributed by atoms with Crippen molar-refractivity contribution in [1.82, 2.24) is 10.2 Å². The Kier molecular flexibility index (Phi) is 5.51. The maximum atomic E-state index is 5.52. The number of nitrogens with zero attached hydrogens (tertiary/aromatic N) is 1. The summed E-state index contributed by atoms with van der Waals surface area (Å²) in [5.74, 6) is 0.801. The van der Waals surface area contributed by atoms with Gasteiger partial charge in [0.2, 0.25) is 0 Å². The molecule has 1 N–H and O–H groups in total. The van der Waals surface area contributed by atoms with E-state index in [0.29, 0.717) is 5.41 Å². The molecule has 0 spiro atoms. The molecule has 2 saturated heterocycles. The van der Waals surface area contributed by atoms with Crippen molar-refractivity contribution in [3.63, 3.8) is 0 Å². The minimum Gasteiger partial charge on any atom is -0.381 e. The number of rotatable bonds is 6. The van der Waals surface area contributed by atoms with Gasteiger partial charge >= 0.3 is 0 Å². The zero-order valence-electron chi connectivity index (χ0n) is 13.9. The lowest BCUT2D eigenvalue weighted by molar-refractivity contribution is 0.0448. The fourth-order valence-electron chi connectivity index (χ4n) is 3.86. The molecular weight excluding hydrogens is 272 g/mol. The van der Waals surface area contributed by atoms with Gasteiger partial charge in [-0.2, -0.15) is 0 Å². The van der Waals surface area contributed by atoms with E-state index < -0.39 is 0 Å². The third kappa shape index (κ3) is 4.55. The molecule has 2 aliphatic rings. The maximum Gasteiger partial charge on any atom is 0.0469 e. The van der Waals surface area contributed by atoms with Crippen LogP contribution in [0.2, 0.25) is 0 Å². The van der Waals surface area contributed by atoms with Crippen molar-refractivity contribution < 1.29 is 4.74 Å². The van der Waals surface area contributed by atoms with Gasteiger partial charge in [0.15, 0.2) is 0 Å². The molecule has 22 heavy (non-hydrogen) atoms. The summed E-state index contributed by atoms with van der Waals surface area (Å²) >= 11 is 0. The lowest BCUT2D eigenvalue weighted by Gasteiger charge is -2.35. The van der Waals surface area contributed by atoms with Crippen molar-refractivity contribution >= 4 is 0 Å². The second-order valence-electron chi connectivity index (χ2n) is 7.45. The van der Waals surface area contributed by atoms with Crippen molar-refractivity contribution in [1.29, 1.82) is 0 Å². The zero-order chi connectivity index (χ0) is 15.3. The van der Waals surface area contributed by atoms with E-state index in [4.69, 9.17) is 4.74 Å². The van der Waals surface area contributed by atoms with E-state index in [-0.39, 0.29) is 0 Å². The molecule has 2 heterocycles. The Morgan fingerprint density at radius 1 is 1.23 bits per heavy atom. The van der Waals surface area contributed by atoms with E-state index in [1.807, 2.05) is 0 Å². The number of benzene rings is 1. The molecule has 0 amide bonds. The lowest BCUT2D eigenvalue weighted by Crippen LogP contribution is -2.40. The molecule has 1 aromatic carbocycles. The molecule has 0 aromatic heterocycles. The zero-order valence-corrected chi connectivity index (χ0v) is 13.9. The first-order valence-corrected chi connectivity index (χ1v) is 8.78.